The predicted molar refractivity (Wildman–Crippen MR) is 94.9 cm³/mol. The molecule has 0 radical (unpaired) electrons. The minimum absolute atomic E-state index is 0.0371. The summed E-state index contributed by atoms with van der Waals surface area (Å²) in [7, 11) is 1.61. The van der Waals surface area contributed by atoms with E-state index in [1.807, 2.05) is 24.3 Å². The number of carbonyl (C=O) groups excluding carboxylic acids is 1. The third kappa shape index (κ3) is 8.41. The van der Waals surface area contributed by atoms with Gasteiger partial charge in [0.25, 0.3) is 0 Å². The summed E-state index contributed by atoms with van der Waals surface area (Å²) in [5, 5.41) is 11.9. The summed E-state index contributed by atoms with van der Waals surface area (Å²) in [6.07, 6.45) is 9.25. The molecule has 0 unspecified atom stereocenters. The maximum atomic E-state index is 12.0. The molecule has 0 spiro atoms. The van der Waals surface area contributed by atoms with Crippen LogP contribution in [0.15, 0.2) is 30.9 Å². The molecule has 1 aromatic carbocycles. The highest BCUT2D eigenvalue weighted by atomic mass is 16.5. The van der Waals surface area contributed by atoms with Crippen molar-refractivity contribution in [2.45, 2.75) is 51.4 Å². The van der Waals surface area contributed by atoms with Crippen molar-refractivity contribution in [3.8, 4) is 5.75 Å². The maximum absolute atomic E-state index is 12.0. The molecule has 0 aliphatic rings. The molecule has 0 aromatic heterocycles. The molecular weight excluding hydrogens is 290 g/mol. The van der Waals surface area contributed by atoms with Crippen LogP contribution in [0.25, 0.3) is 0 Å². The molecule has 1 aromatic rings. The van der Waals surface area contributed by atoms with Crippen LogP contribution in [-0.2, 0) is 11.2 Å². The van der Waals surface area contributed by atoms with Gasteiger partial charge in [-0.1, -0.05) is 18.9 Å². The highest BCUT2D eigenvalue weighted by molar-refractivity contribution is 5.91. The van der Waals surface area contributed by atoms with Crippen molar-refractivity contribution in [3.63, 3.8) is 0 Å². The highest BCUT2D eigenvalue weighted by Gasteiger charge is 2.06. The highest BCUT2D eigenvalue weighted by Crippen LogP contribution is 2.22. The third-order valence-electron chi connectivity index (χ3n) is 3.67. The number of aliphatic hydroxyl groups is 1. The number of rotatable bonds is 12. The summed E-state index contributed by atoms with van der Waals surface area (Å²) in [4.78, 5) is 12.0. The number of carbonyl (C=O) groups is 1. The molecule has 23 heavy (non-hydrogen) atoms. The van der Waals surface area contributed by atoms with Crippen molar-refractivity contribution in [1.82, 2.24) is 0 Å². The number of benzene rings is 1. The average Bonchev–Trinajstić information content (AvgIpc) is 2.55. The molecule has 0 bridgehead atoms. The van der Waals surface area contributed by atoms with Crippen LogP contribution in [0.1, 0.15) is 50.5 Å². The van der Waals surface area contributed by atoms with E-state index >= 15 is 0 Å². The number of methoxy groups -OCH3 is 1. The Bertz CT molecular complexity index is 486. The first-order valence-electron chi connectivity index (χ1n) is 8.39. The number of hydrogen-bond donors (Lipinski definition) is 2. The van der Waals surface area contributed by atoms with Gasteiger partial charge in [-0.3, -0.25) is 4.79 Å². The smallest absolute Gasteiger partial charge is 0.224 e. The van der Waals surface area contributed by atoms with Gasteiger partial charge in [-0.05, 0) is 49.8 Å². The van der Waals surface area contributed by atoms with Gasteiger partial charge in [0.15, 0.2) is 0 Å². The zero-order valence-electron chi connectivity index (χ0n) is 14.1. The minimum Gasteiger partial charge on any atom is -0.497 e. The van der Waals surface area contributed by atoms with E-state index in [0.29, 0.717) is 12.8 Å². The minimum atomic E-state index is 0.0371. The van der Waals surface area contributed by atoms with E-state index in [4.69, 9.17) is 9.84 Å². The van der Waals surface area contributed by atoms with E-state index < -0.39 is 0 Å². The summed E-state index contributed by atoms with van der Waals surface area (Å²) >= 11 is 0. The maximum Gasteiger partial charge on any atom is 0.224 e. The fraction of sp³-hybridized carbons (Fsp3) is 0.526. The Labute approximate surface area is 139 Å². The van der Waals surface area contributed by atoms with Crippen LogP contribution in [0.5, 0.6) is 5.75 Å². The lowest BCUT2D eigenvalue weighted by molar-refractivity contribution is -0.116. The van der Waals surface area contributed by atoms with Crippen LogP contribution in [0.3, 0.4) is 0 Å². The molecule has 0 fully saturated rings. The van der Waals surface area contributed by atoms with E-state index in [2.05, 4.69) is 11.9 Å². The summed E-state index contributed by atoms with van der Waals surface area (Å²) in [6.45, 7) is 3.86. The van der Waals surface area contributed by atoms with Crippen LogP contribution in [0.4, 0.5) is 5.69 Å². The lowest BCUT2D eigenvalue weighted by atomic mass is 10.1. The van der Waals surface area contributed by atoms with Gasteiger partial charge in [-0.25, -0.2) is 0 Å². The number of unbranched alkanes of at least 4 members (excludes halogenated alkanes) is 4. The van der Waals surface area contributed by atoms with Gasteiger partial charge in [-0.2, -0.15) is 0 Å². The molecule has 0 saturated heterocycles. The van der Waals surface area contributed by atoms with E-state index in [1.54, 1.807) is 7.11 Å². The van der Waals surface area contributed by atoms with Crippen LogP contribution in [0.2, 0.25) is 0 Å². The SMILES string of the molecule is C=CCCCCCCC(=O)Nc1cc(CCCO)cc(OC)c1. The van der Waals surface area contributed by atoms with E-state index in [0.717, 1.165) is 55.5 Å². The molecule has 128 valence electrons. The second-order valence-corrected chi connectivity index (χ2v) is 5.69. The van der Waals surface area contributed by atoms with Crippen molar-refractivity contribution in [1.29, 1.82) is 0 Å². The molecule has 1 rings (SSSR count). The van der Waals surface area contributed by atoms with Crippen molar-refractivity contribution < 1.29 is 14.6 Å². The zero-order valence-corrected chi connectivity index (χ0v) is 14.1. The van der Waals surface area contributed by atoms with Crippen molar-refractivity contribution in [2.24, 2.45) is 0 Å². The first-order valence-corrected chi connectivity index (χ1v) is 8.39. The fourth-order valence-corrected chi connectivity index (χ4v) is 2.43. The molecule has 0 heterocycles. The third-order valence-corrected chi connectivity index (χ3v) is 3.67. The van der Waals surface area contributed by atoms with Gasteiger partial charge in [0.05, 0.1) is 7.11 Å². The lowest BCUT2D eigenvalue weighted by Crippen LogP contribution is -2.11. The predicted octanol–water partition coefficient (Wildman–Crippen LogP) is 4.09. The van der Waals surface area contributed by atoms with Gasteiger partial charge in [-0.15, -0.1) is 6.58 Å². The number of aryl methyl sites for hydroxylation is 1. The Morgan fingerprint density at radius 3 is 2.70 bits per heavy atom. The summed E-state index contributed by atoms with van der Waals surface area (Å²) in [6, 6.07) is 5.70. The monoisotopic (exact) mass is 319 g/mol. The van der Waals surface area contributed by atoms with Gasteiger partial charge in [0.2, 0.25) is 5.91 Å². The topological polar surface area (TPSA) is 58.6 Å². The van der Waals surface area contributed by atoms with Gasteiger partial charge < -0.3 is 15.2 Å². The molecule has 4 heteroatoms. The average molecular weight is 319 g/mol. The fourth-order valence-electron chi connectivity index (χ4n) is 2.43. The number of nitrogens with one attached hydrogen (secondary N) is 1. The Balaban J connectivity index is 2.44. The van der Waals surface area contributed by atoms with Gasteiger partial charge in [0.1, 0.15) is 5.75 Å². The van der Waals surface area contributed by atoms with Gasteiger partial charge in [0, 0.05) is 24.8 Å². The summed E-state index contributed by atoms with van der Waals surface area (Å²) in [5.74, 6) is 0.759. The molecule has 0 atom stereocenters. The molecule has 2 N–H and O–H groups in total. The zero-order chi connectivity index (χ0) is 16.9. The molecular formula is C19H29NO3. The molecule has 4 nitrogen and oxygen atoms in total. The first kappa shape index (κ1) is 19.2. The number of amides is 1. The molecule has 0 aliphatic heterocycles. The molecule has 0 saturated carbocycles. The van der Waals surface area contributed by atoms with Crippen LogP contribution >= 0.6 is 0 Å². The van der Waals surface area contributed by atoms with Crippen molar-refractivity contribution in [2.75, 3.05) is 19.0 Å². The van der Waals surface area contributed by atoms with Crippen molar-refractivity contribution >= 4 is 11.6 Å². The number of ether oxygens (including phenoxy) is 1. The largest absolute Gasteiger partial charge is 0.497 e. The quantitative estimate of drug-likeness (QED) is 0.451. The van der Waals surface area contributed by atoms with Crippen LogP contribution in [-0.4, -0.2) is 24.7 Å². The Morgan fingerprint density at radius 1 is 1.22 bits per heavy atom. The summed E-state index contributed by atoms with van der Waals surface area (Å²) in [5.41, 5.74) is 1.81. The second kappa shape index (κ2) is 11.7. The van der Waals surface area contributed by atoms with Crippen LogP contribution in [0, 0.1) is 0 Å². The van der Waals surface area contributed by atoms with Crippen molar-refractivity contribution in [3.05, 3.63) is 36.4 Å². The Kier molecular flexibility index (Phi) is 9.80. The standard InChI is InChI=1S/C19H29NO3/c1-3-4-5-6-7-8-11-19(22)20-17-13-16(10-9-12-21)14-18(15-17)23-2/h3,13-15,21H,1,4-12H2,2H3,(H,20,22). The number of anilines is 1. The van der Waals surface area contributed by atoms with E-state index in [1.165, 1.54) is 0 Å². The Hall–Kier alpha value is -1.81. The number of hydrogen-bond acceptors (Lipinski definition) is 3. The van der Waals surface area contributed by atoms with E-state index in [9.17, 15) is 4.79 Å². The first-order chi connectivity index (χ1) is 11.2. The lowest BCUT2D eigenvalue weighted by Gasteiger charge is -2.10. The molecule has 0 aliphatic carbocycles. The molecule has 1 amide bonds. The second-order valence-electron chi connectivity index (χ2n) is 5.69. The summed E-state index contributed by atoms with van der Waals surface area (Å²) < 4.78 is 5.27. The normalized spacial score (nSPS) is 10.3. The number of allylic oxidation sites excluding steroid dienone is 1. The Morgan fingerprint density at radius 2 is 2.00 bits per heavy atom. The van der Waals surface area contributed by atoms with Gasteiger partial charge >= 0.3 is 0 Å². The van der Waals surface area contributed by atoms with Crippen LogP contribution < -0.4 is 10.1 Å². The number of aliphatic hydroxyl groups excluding tert-OH is 1. The van der Waals surface area contributed by atoms with E-state index in [-0.39, 0.29) is 12.5 Å².